The zero-order valence-electron chi connectivity index (χ0n) is 8.93. The summed E-state index contributed by atoms with van der Waals surface area (Å²) in [5.41, 5.74) is 7.06. The number of hydrogen-bond donors (Lipinski definition) is 1. The lowest BCUT2D eigenvalue weighted by atomic mass is 10.1. The number of nitrogens with two attached hydrogens (primary N) is 1. The van der Waals surface area contributed by atoms with E-state index in [4.69, 9.17) is 17.3 Å². The molecule has 0 aliphatic carbocycles. The van der Waals surface area contributed by atoms with Crippen molar-refractivity contribution in [2.75, 3.05) is 18.0 Å². The number of nitrogens with zero attached hydrogens (tertiary/aromatic N) is 1. The monoisotopic (exact) mass is 282 g/mol. The molecule has 2 nitrogen and oxygen atoms in total. The molecule has 2 rings (SSSR count). The minimum atomic E-state index is 0. The SMILES string of the molecule is Cl.Cl.NC1CCN(c2cccc(Cl)c2)CC1. The van der Waals surface area contributed by atoms with Crippen molar-refractivity contribution in [3.8, 4) is 0 Å². The standard InChI is InChI=1S/C11H15ClN2.2ClH/c12-9-2-1-3-11(8-9)14-6-4-10(13)5-7-14;;/h1-3,8,10H,4-7,13H2;2*1H. The molecule has 0 atom stereocenters. The van der Waals surface area contributed by atoms with E-state index in [9.17, 15) is 0 Å². The van der Waals surface area contributed by atoms with Gasteiger partial charge in [-0.25, -0.2) is 0 Å². The van der Waals surface area contributed by atoms with Crippen LogP contribution >= 0.6 is 36.4 Å². The van der Waals surface area contributed by atoms with Crippen molar-refractivity contribution in [3.63, 3.8) is 0 Å². The lowest BCUT2D eigenvalue weighted by molar-refractivity contribution is 0.501. The predicted molar refractivity (Wildman–Crippen MR) is 75.4 cm³/mol. The van der Waals surface area contributed by atoms with Crippen LogP contribution < -0.4 is 10.6 Å². The Morgan fingerprint density at radius 3 is 2.38 bits per heavy atom. The van der Waals surface area contributed by atoms with E-state index in [2.05, 4.69) is 11.0 Å². The lowest BCUT2D eigenvalue weighted by Gasteiger charge is -2.32. The molecule has 92 valence electrons. The largest absolute Gasteiger partial charge is 0.371 e. The highest BCUT2D eigenvalue weighted by molar-refractivity contribution is 6.30. The van der Waals surface area contributed by atoms with Crippen LogP contribution in [0.2, 0.25) is 5.02 Å². The summed E-state index contributed by atoms with van der Waals surface area (Å²) in [6.07, 6.45) is 2.15. The second kappa shape index (κ2) is 7.23. The average Bonchev–Trinajstić information content (AvgIpc) is 2.19. The molecule has 5 heteroatoms. The third kappa shape index (κ3) is 4.02. The van der Waals surface area contributed by atoms with Crippen molar-refractivity contribution < 1.29 is 0 Å². The summed E-state index contributed by atoms with van der Waals surface area (Å²) in [5, 5.41) is 0.803. The second-order valence-corrected chi connectivity index (χ2v) is 4.24. The molecule has 1 aromatic rings. The van der Waals surface area contributed by atoms with Crippen LogP contribution in [0.5, 0.6) is 0 Å². The Balaban J connectivity index is 0.00000112. The van der Waals surface area contributed by atoms with Crippen molar-refractivity contribution in [2.45, 2.75) is 18.9 Å². The molecule has 0 bridgehead atoms. The molecule has 1 aromatic carbocycles. The third-order valence-corrected chi connectivity index (χ3v) is 2.95. The van der Waals surface area contributed by atoms with E-state index in [1.807, 2.05) is 18.2 Å². The number of benzene rings is 1. The molecule has 1 aliphatic heterocycles. The summed E-state index contributed by atoms with van der Waals surface area (Å²) in [6, 6.07) is 8.39. The first-order valence-electron chi connectivity index (χ1n) is 5.02. The quantitative estimate of drug-likeness (QED) is 0.858. The topological polar surface area (TPSA) is 29.3 Å². The smallest absolute Gasteiger partial charge is 0.0426 e. The van der Waals surface area contributed by atoms with E-state index in [1.54, 1.807) is 0 Å². The van der Waals surface area contributed by atoms with Crippen LogP contribution in [0.4, 0.5) is 5.69 Å². The van der Waals surface area contributed by atoms with Gasteiger partial charge in [0.25, 0.3) is 0 Å². The lowest BCUT2D eigenvalue weighted by Crippen LogP contribution is -2.39. The molecule has 16 heavy (non-hydrogen) atoms. The summed E-state index contributed by atoms with van der Waals surface area (Å²) in [6.45, 7) is 2.09. The summed E-state index contributed by atoms with van der Waals surface area (Å²) in [7, 11) is 0. The molecule has 0 unspecified atom stereocenters. The van der Waals surface area contributed by atoms with Gasteiger partial charge in [0.05, 0.1) is 0 Å². The minimum Gasteiger partial charge on any atom is -0.371 e. The molecule has 0 radical (unpaired) electrons. The van der Waals surface area contributed by atoms with Gasteiger partial charge < -0.3 is 10.6 Å². The van der Waals surface area contributed by atoms with Crippen molar-refractivity contribution in [1.82, 2.24) is 0 Å². The predicted octanol–water partition coefficient (Wildman–Crippen LogP) is 3.11. The van der Waals surface area contributed by atoms with E-state index < -0.39 is 0 Å². The fourth-order valence-corrected chi connectivity index (χ4v) is 2.02. The van der Waals surface area contributed by atoms with Crippen molar-refractivity contribution in [3.05, 3.63) is 29.3 Å². The zero-order valence-corrected chi connectivity index (χ0v) is 11.3. The summed E-state index contributed by atoms with van der Waals surface area (Å²) < 4.78 is 0. The second-order valence-electron chi connectivity index (χ2n) is 3.80. The van der Waals surface area contributed by atoms with E-state index >= 15 is 0 Å². The maximum atomic E-state index is 5.94. The van der Waals surface area contributed by atoms with Gasteiger partial charge in [0.15, 0.2) is 0 Å². The van der Waals surface area contributed by atoms with Gasteiger partial charge in [-0.1, -0.05) is 17.7 Å². The average molecular weight is 284 g/mol. The van der Waals surface area contributed by atoms with Gasteiger partial charge >= 0.3 is 0 Å². The maximum Gasteiger partial charge on any atom is 0.0426 e. The highest BCUT2D eigenvalue weighted by Crippen LogP contribution is 2.22. The molecule has 0 spiro atoms. The molecule has 2 N–H and O–H groups in total. The molecule has 1 heterocycles. The van der Waals surface area contributed by atoms with Gasteiger partial charge in [0.1, 0.15) is 0 Å². The molecular weight excluding hydrogens is 266 g/mol. The minimum absolute atomic E-state index is 0. The van der Waals surface area contributed by atoms with E-state index in [0.29, 0.717) is 6.04 Å². The normalized spacial score (nSPS) is 16.2. The molecule has 1 fully saturated rings. The molecule has 0 aromatic heterocycles. The first-order chi connectivity index (χ1) is 6.75. The first-order valence-corrected chi connectivity index (χ1v) is 5.39. The number of halogens is 3. The molecule has 1 saturated heterocycles. The fourth-order valence-electron chi connectivity index (χ4n) is 1.83. The van der Waals surface area contributed by atoms with E-state index in [0.717, 1.165) is 31.0 Å². The highest BCUT2D eigenvalue weighted by Gasteiger charge is 2.15. The maximum absolute atomic E-state index is 5.94. The number of piperidine rings is 1. The summed E-state index contributed by atoms with van der Waals surface area (Å²) in [5.74, 6) is 0. The Kier molecular flexibility index (Phi) is 7.16. The van der Waals surface area contributed by atoms with Crippen LogP contribution in [-0.2, 0) is 0 Å². The van der Waals surface area contributed by atoms with Crippen molar-refractivity contribution in [2.24, 2.45) is 5.73 Å². The van der Waals surface area contributed by atoms with Crippen LogP contribution in [0.15, 0.2) is 24.3 Å². The Morgan fingerprint density at radius 2 is 1.81 bits per heavy atom. The Labute approximate surface area is 114 Å². The zero-order chi connectivity index (χ0) is 9.97. The highest BCUT2D eigenvalue weighted by atomic mass is 35.5. The summed E-state index contributed by atoms with van der Waals surface area (Å²) in [4.78, 5) is 2.34. The molecular formula is C11H17Cl3N2. The van der Waals surface area contributed by atoms with Gasteiger partial charge in [-0.3, -0.25) is 0 Å². The Hall–Kier alpha value is -0.150. The number of anilines is 1. The van der Waals surface area contributed by atoms with E-state index in [1.165, 1.54) is 5.69 Å². The fraction of sp³-hybridized carbons (Fsp3) is 0.455. The van der Waals surface area contributed by atoms with E-state index in [-0.39, 0.29) is 24.8 Å². The van der Waals surface area contributed by atoms with Gasteiger partial charge in [-0.05, 0) is 31.0 Å². The van der Waals surface area contributed by atoms with Crippen molar-refractivity contribution >= 4 is 42.1 Å². The van der Waals surface area contributed by atoms with Crippen LogP contribution in [0.25, 0.3) is 0 Å². The van der Waals surface area contributed by atoms with Crippen LogP contribution in [0.3, 0.4) is 0 Å². The van der Waals surface area contributed by atoms with Gasteiger partial charge in [0, 0.05) is 29.8 Å². The van der Waals surface area contributed by atoms with Gasteiger partial charge in [0.2, 0.25) is 0 Å². The molecule has 0 saturated carbocycles. The van der Waals surface area contributed by atoms with Gasteiger partial charge in [-0.15, -0.1) is 24.8 Å². The Bertz CT molecular complexity index is 312. The number of rotatable bonds is 1. The first kappa shape index (κ1) is 15.9. The van der Waals surface area contributed by atoms with Crippen LogP contribution in [0.1, 0.15) is 12.8 Å². The van der Waals surface area contributed by atoms with Gasteiger partial charge in [-0.2, -0.15) is 0 Å². The summed E-state index contributed by atoms with van der Waals surface area (Å²) >= 11 is 5.94. The third-order valence-electron chi connectivity index (χ3n) is 2.71. The molecule has 0 amide bonds. The van der Waals surface area contributed by atoms with Crippen LogP contribution in [0, 0.1) is 0 Å². The van der Waals surface area contributed by atoms with Crippen molar-refractivity contribution in [1.29, 1.82) is 0 Å². The Morgan fingerprint density at radius 1 is 1.19 bits per heavy atom. The van der Waals surface area contributed by atoms with Crippen LogP contribution in [-0.4, -0.2) is 19.1 Å². The number of hydrogen-bond acceptors (Lipinski definition) is 2. The molecule has 1 aliphatic rings.